The minimum atomic E-state index is -0.0838. The maximum atomic E-state index is 11.9. The predicted octanol–water partition coefficient (Wildman–Crippen LogP) is 3.39. The van der Waals surface area contributed by atoms with Crippen LogP contribution in [0, 0.1) is 6.92 Å². The van der Waals surface area contributed by atoms with Crippen molar-refractivity contribution in [2.45, 2.75) is 13.5 Å². The standard InChI is InChI=1S/C17H19ClN2O2/c1-12-6-7-14(9-16(12)18)19-11-17(21)20-10-13-4-3-5-15(8-13)22-2/h3-9,19H,10-11H2,1-2H3,(H,20,21). The fourth-order valence-electron chi connectivity index (χ4n) is 1.93. The van der Waals surface area contributed by atoms with Crippen molar-refractivity contribution in [2.75, 3.05) is 19.0 Å². The molecule has 2 aromatic carbocycles. The minimum absolute atomic E-state index is 0.0838. The zero-order valence-corrected chi connectivity index (χ0v) is 13.4. The number of hydrogen-bond donors (Lipinski definition) is 2. The number of nitrogens with one attached hydrogen (secondary N) is 2. The fraction of sp³-hybridized carbons (Fsp3) is 0.235. The van der Waals surface area contributed by atoms with Gasteiger partial charge in [-0.1, -0.05) is 29.8 Å². The van der Waals surface area contributed by atoms with E-state index in [0.717, 1.165) is 22.6 Å². The van der Waals surface area contributed by atoms with Gasteiger partial charge in [0.1, 0.15) is 5.75 Å². The van der Waals surface area contributed by atoms with Crippen LogP contribution in [-0.2, 0) is 11.3 Å². The van der Waals surface area contributed by atoms with Crippen LogP contribution in [0.4, 0.5) is 5.69 Å². The molecular weight excluding hydrogens is 300 g/mol. The second kappa shape index (κ2) is 7.71. The van der Waals surface area contributed by atoms with E-state index in [4.69, 9.17) is 16.3 Å². The van der Waals surface area contributed by atoms with Gasteiger partial charge in [-0.2, -0.15) is 0 Å². The molecule has 0 aliphatic rings. The van der Waals surface area contributed by atoms with E-state index in [1.54, 1.807) is 7.11 Å². The summed E-state index contributed by atoms with van der Waals surface area (Å²) in [5.74, 6) is 0.693. The predicted molar refractivity (Wildman–Crippen MR) is 89.5 cm³/mol. The lowest BCUT2D eigenvalue weighted by atomic mass is 10.2. The van der Waals surface area contributed by atoms with E-state index in [9.17, 15) is 4.79 Å². The topological polar surface area (TPSA) is 50.4 Å². The maximum absolute atomic E-state index is 11.9. The Hall–Kier alpha value is -2.20. The number of amides is 1. The van der Waals surface area contributed by atoms with Crippen molar-refractivity contribution in [2.24, 2.45) is 0 Å². The number of anilines is 1. The Morgan fingerprint density at radius 2 is 2.05 bits per heavy atom. The van der Waals surface area contributed by atoms with Gasteiger partial charge in [0, 0.05) is 17.3 Å². The molecule has 22 heavy (non-hydrogen) atoms. The molecule has 0 saturated carbocycles. The number of carbonyl (C=O) groups is 1. The SMILES string of the molecule is COc1cccc(CNC(=O)CNc2ccc(C)c(Cl)c2)c1. The molecule has 0 atom stereocenters. The van der Waals surface area contributed by atoms with Crippen LogP contribution >= 0.6 is 11.6 Å². The van der Waals surface area contributed by atoms with E-state index in [1.165, 1.54) is 0 Å². The Morgan fingerprint density at radius 1 is 1.23 bits per heavy atom. The van der Waals surface area contributed by atoms with Crippen LogP contribution in [0.3, 0.4) is 0 Å². The van der Waals surface area contributed by atoms with Crippen molar-refractivity contribution < 1.29 is 9.53 Å². The highest BCUT2D eigenvalue weighted by atomic mass is 35.5. The van der Waals surface area contributed by atoms with E-state index in [0.29, 0.717) is 11.6 Å². The molecule has 2 aromatic rings. The minimum Gasteiger partial charge on any atom is -0.497 e. The summed E-state index contributed by atoms with van der Waals surface area (Å²) >= 11 is 6.05. The lowest BCUT2D eigenvalue weighted by molar-refractivity contribution is -0.119. The number of carbonyl (C=O) groups excluding carboxylic acids is 1. The van der Waals surface area contributed by atoms with Gasteiger partial charge in [-0.05, 0) is 42.3 Å². The first-order valence-corrected chi connectivity index (χ1v) is 7.36. The first-order chi connectivity index (χ1) is 10.6. The smallest absolute Gasteiger partial charge is 0.239 e. The van der Waals surface area contributed by atoms with Crippen LogP contribution in [0.2, 0.25) is 5.02 Å². The molecule has 0 heterocycles. The van der Waals surface area contributed by atoms with Gasteiger partial charge in [0.25, 0.3) is 0 Å². The summed E-state index contributed by atoms with van der Waals surface area (Å²) in [6.07, 6.45) is 0. The van der Waals surface area contributed by atoms with Crippen LogP contribution in [0.25, 0.3) is 0 Å². The number of rotatable bonds is 6. The van der Waals surface area contributed by atoms with Crippen molar-refractivity contribution in [3.63, 3.8) is 0 Å². The zero-order chi connectivity index (χ0) is 15.9. The number of hydrogen-bond acceptors (Lipinski definition) is 3. The summed E-state index contributed by atoms with van der Waals surface area (Å²) in [5.41, 5.74) is 2.83. The molecule has 0 unspecified atom stereocenters. The van der Waals surface area contributed by atoms with Gasteiger partial charge >= 0.3 is 0 Å². The zero-order valence-electron chi connectivity index (χ0n) is 12.7. The number of halogens is 1. The van der Waals surface area contributed by atoms with Crippen LogP contribution < -0.4 is 15.4 Å². The third-order valence-corrected chi connectivity index (χ3v) is 3.66. The van der Waals surface area contributed by atoms with Crippen LogP contribution in [0.5, 0.6) is 5.75 Å². The monoisotopic (exact) mass is 318 g/mol. The highest BCUT2D eigenvalue weighted by Gasteiger charge is 2.03. The van der Waals surface area contributed by atoms with Gasteiger partial charge in [0.15, 0.2) is 0 Å². The van der Waals surface area contributed by atoms with Crippen molar-refractivity contribution in [1.82, 2.24) is 5.32 Å². The summed E-state index contributed by atoms with van der Waals surface area (Å²) < 4.78 is 5.15. The van der Waals surface area contributed by atoms with E-state index < -0.39 is 0 Å². The first-order valence-electron chi connectivity index (χ1n) is 6.98. The highest BCUT2D eigenvalue weighted by molar-refractivity contribution is 6.31. The van der Waals surface area contributed by atoms with Gasteiger partial charge in [0.2, 0.25) is 5.91 Å². The molecule has 2 N–H and O–H groups in total. The normalized spacial score (nSPS) is 10.1. The van der Waals surface area contributed by atoms with Crippen molar-refractivity contribution in [3.05, 3.63) is 58.6 Å². The van der Waals surface area contributed by atoms with Crippen molar-refractivity contribution in [1.29, 1.82) is 0 Å². The molecule has 0 spiro atoms. The van der Waals surface area contributed by atoms with Crippen LogP contribution in [0.15, 0.2) is 42.5 Å². The molecule has 1 amide bonds. The lowest BCUT2D eigenvalue weighted by Gasteiger charge is -2.09. The van der Waals surface area contributed by atoms with E-state index in [2.05, 4.69) is 10.6 Å². The highest BCUT2D eigenvalue weighted by Crippen LogP contribution is 2.19. The maximum Gasteiger partial charge on any atom is 0.239 e. The molecule has 5 heteroatoms. The molecule has 0 saturated heterocycles. The molecule has 116 valence electrons. The second-order valence-electron chi connectivity index (χ2n) is 4.95. The average Bonchev–Trinajstić information content (AvgIpc) is 2.54. The third-order valence-electron chi connectivity index (χ3n) is 3.25. The molecule has 2 rings (SSSR count). The van der Waals surface area contributed by atoms with E-state index in [-0.39, 0.29) is 12.5 Å². The molecule has 4 nitrogen and oxygen atoms in total. The van der Waals surface area contributed by atoms with E-state index in [1.807, 2.05) is 49.4 Å². The van der Waals surface area contributed by atoms with Gasteiger partial charge in [0.05, 0.1) is 13.7 Å². The fourth-order valence-corrected chi connectivity index (χ4v) is 2.11. The van der Waals surface area contributed by atoms with Gasteiger partial charge in [-0.3, -0.25) is 4.79 Å². The first kappa shape index (κ1) is 16.2. The van der Waals surface area contributed by atoms with Crippen LogP contribution in [-0.4, -0.2) is 19.6 Å². The van der Waals surface area contributed by atoms with Gasteiger partial charge in [-0.15, -0.1) is 0 Å². The Morgan fingerprint density at radius 3 is 2.77 bits per heavy atom. The number of methoxy groups -OCH3 is 1. The summed E-state index contributed by atoms with van der Waals surface area (Å²) in [4.78, 5) is 11.9. The molecule has 0 radical (unpaired) electrons. The quantitative estimate of drug-likeness (QED) is 0.858. The van der Waals surface area contributed by atoms with Crippen LogP contribution in [0.1, 0.15) is 11.1 Å². The molecule has 0 aromatic heterocycles. The number of aryl methyl sites for hydroxylation is 1. The largest absolute Gasteiger partial charge is 0.497 e. The summed E-state index contributed by atoms with van der Waals surface area (Å²) in [6, 6.07) is 13.2. The Kier molecular flexibility index (Phi) is 5.67. The second-order valence-corrected chi connectivity index (χ2v) is 5.35. The Balaban J connectivity index is 1.81. The number of ether oxygens (including phenoxy) is 1. The Bertz CT molecular complexity index is 659. The van der Waals surface area contributed by atoms with Gasteiger partial charge in [-0.25, -0.2) is 0 Å². The Labute approximate surface area is 135 Å². The van der Waals surface area contributed by atoms with Crippen molar-refractivity contribution in [3.8, 4) is 5.75 Å². The molecule has 0 bridgehead atoms. The number of benzene rings is 2. The lowest BCUT2D eigenvalue weighted by Crippen LogP contribution is -2.29. The molecule has 0 aliphatic carbocycles. The average molecular weight is 319 g/mol. The molecule has 0 aliphatic heterocycles. The van der Waals surface area contributed by atoms with Crippen molar-refractivity contribution >= 4 is 23.2 Å². The van der Waals surface area contributed by atoms with E-state index >= 15 is 0 Å². The molecule has 0 fully saturated rings. The summed E-state index contributed by atoms with van der Waals surface area (Å²) in [7, 11) is 1.62. The molecular formula is C17H19ClN2O2. The van der Waals surface area contributed by atoms with Gasteiger partial charge < -0.3 is 15.4 Å². The summed E-state index contributed by atoms with van der Waals surface area (Å²) in [6.45, 7) is 2.60. The third kappa shape index (κ3) is 4.67. The summed E-state index contributed by atoms with van der Waals surface area (Å²) in [5, 5.41) is 6.59.